The Morgan fingerprint density at radius 1 is 1.21 bits per heavy atom. The minimum absolute atomic E-state index is 0.238. The number of para-hydroxylation sites is 1. The van der Waals surface area contributed by atoms with E-state index in [9.17, 15) is 9.59 Å². The number of fused-ring (bicyclic) bond motifs is 1. The van der Waals surface area contributed by atoms with E-state index in [1.165, 1.54) is 18.2 Å². The molecule has 2 N–H and O–H groups in total. The number of nitrogens with zero attached hydrogens (tertiary/aromatic N) is 1. The molecule has 1 heterocycles. The molecule has 1 aliphatic heterocycles. The summed E-state index contributed by atoms with van der Waals surface area (Å²) in [6.45, 7) is 0.316. The van der Waals surface area contributed by atoms with Gasteiger partial charge in [0.1, 0.15) is 0 Å². The van der Waals surface area contributed by atoms with Crippen molar-refractivity contribution >= 4 is 34.9 Å². The fourth-order valence-electron chi connectivity index (χ4n) is 2.75. The van der Waals surface area contributed by atoms with Crippen molar-refractivity contribution < 1.29 is 14.3 Å². The number of esters is 1. The number of anilines is 2. The second-order valence-electron chi connectivity index (χ2n) is 5.59. The number of carbonyl (C=O) groups is 2. The molecule has 0 radical (unpaired) electrons. The summed E-state index contributed by atoms with van der Waals surface area (Å²) < 4.78 is 5.12. The van der Waals surface area contributed by atoms with E-state index in [0.29, 0.717) is 17.3 Å². The summed E-state index contributed by atoms with van der Waals surface area (Å²) in [7, 11) is 0. The highest BCUT2D eigenvalue weighted by Gasteiger charge is 2.23. The Labute approximate surface area is 145 Å². The number of nitrogen functional groups attached to an aromatic ring is 1. The van der Waals surface area contributed by atoms with Crippen LogP contribution in [0.3, 0.4) is 0 Å². The molecule has 0 bridgehead atoms. The van der Waals surface area contributed by atoms with Gasteiger partial charge in [-0.3, -0.25) is 4.79 Å². The molecule has 0 aromatic heterocycles. The van der Waals surface area contributed by atoms with Gasteiger partial charge in [0.2, 0.25) is 0 Å². The van der Waals surface area contributed by atoms with E-state index >= 15 is 0 Å². The van der Waals surface area contributed by atoms with E-state index in [4.69, 9.17) is 22.1 Å². The highest BCUT2D eigenvalue weighted by atomic mass is 35.5. The zero-order valence-corrected chi connectivity index (χ0v) is 13.8. The van der Waals surface area contributed by atoms with Gasteiger partial charge in [0.05, 0.1) is 16.3 Å². The lowest BCUT2D eigenvalue weighted by Crippen LogP contribution is -2.38. The maximum absolute atomic E-state index is 12.4. The van der Waals surface area contributed by atoms with Crippen molar-refractivity contribution in [3.63, 3.8) is 0 Å². The van der Waals surface area contributed by atoms with Crippen LogP contribution in [0.5, 0.6) is 0 Å². The number of amides is 1. The molecule has 5 nitrogen and oxygen atoms in total. The number of hydrogen-bond acceptors (Lipinski definition) is 4. The largest absolute Gasteiger partial charge is 0.452 e. The Bertz CT molecular complexity index is 792. The van der Waals surface area contributed by atoms with Gasteiger partial charge in [-0.05, 0) is 42.7 Å². The highest BCUT2D eigenvalue weighted by molar-refractivity contribution is 6.33. The van der Waals surface area contributed by atoms with Gasteiger partial charge < -0.3 is 15.4 Å². The van der Waals surface area contributed by atoms with Crippen molar-refractivity contribution in [3.05, 3.63) is 58.6 Å². The van der Waals surface area contributed by atoms with Gasteiger partial charge in [-0.15, -0.1) is 0 Å². The van der Waals surface area contributed by atoms with Crippen molar-refractivity contribution in [2.45, 2.75) is 12.8 Å². The second kappa shape index (κ2) is 6.93. The number of hydrogen-bond donors (Lipinski definition) is 1. The average Bonchev–Trinajstić information content (AvgIpc) is 2.61. The molecule has 1 aliphatic rings. The van der Waals surface area contributed by atoms with E-state index in [2.05, 4.69) is 0 Å². The number of halogens is 1. The first-order valence-electron chi connectivity index (χ1n) is 7.66. The van der Waals surface area contributed by atoms with E-state index < -0.39 is 5.97 Å². The molecule has 24 heavy (non-hydrogen) atoms. The van der Waals surface area contributed by atoms with Crippen LogP contribution in [0.15, 0.2) is 42.5 Å². The topological polar surface area (TPSA) is 72.6 Å². The molecule has 2 aromatic rings. The third kappa shape index (κ3) is 3.36. The fourth-order valence-corrected chi connectivity index (χ4v) is 2.87. The molecule has 3 rings (SSSR count). The third-order valence-corrected chi connectivity index (χ3v) is 4.31. The maximum atomic E-state index is 12.4. The summed E-state index contributed by atoms with van der Waals surface area (Å²) in [6.07, 6.45) is 1.84. The third-order valence-electron chi connectivity index (χ3n) is 3.97. The Hall–Kier alpha value is -2.53. The minimum atomic E-state index is -0.600. The summed E-state index contributed by atoms with van der Waals surface area (Å²) >= 11 is 5.82. The molecular formula is C18H17ClN2O3. The van der Waals surface area contributed by atoms with Crippen LogP contribution >= 0.6 is 11.6 Å². The van der Waals surface area contributed by atoms with Gasteiger partial charge in [-0.25, -0.2) is 4.79 Å². The van der Waals surface area contributed by atoms with Crippen molar-refractivity contribution in [3.8, 4) is 0 Å². The Balaban J connectivity index is 1.66. The summed E-state index contributed by atoms with van der Waals surface area (Å²) in [4.78, 5) is 26.1. The van der Waals surface area contributed by atoms with Crippen LogP contribution in [0.25, 0.3) is 0 Å². The van der Waals surface area contributed by atoms with Crippen molar-refractivity contribution in [1.29, 1.82) is 0 Å². The van der Waals surface area contributed by atoms with E-state index in [1.807, 2.05) is 24.3 Å². The molecule has 2 aromatic carbocycles. The average molecular weight is 345 g/mol. The van der Waals surface area contributed by atoms with E-state index in [0.717, 1.165) is 24.1 Å². The fraction of sp³-hybridized carbons (Fsp3) is 0.222. The number of aryl methyl sites for hydroxylation is 1. The van der Waals surface area contributed by atoms with Crippen LogP contribution in [-0.2, 0) is 16.0 Å². The van der Waals surface area contributed by atoms with Crippen molar-refractivity contribution in [2.24, 2.45) is 0 Å². The standard InChI is InChI=1S/C18H17ClN2O3/c19-14-8-7-13(10-15(14)20)18(23)24-11-17(22)21-9-3-5-12-4-1-2-6-16(12)21/h1-2,4,6-8,10H,3,5,9,11,20H2. The smallest absolute Gasteiger partial charge is 0.338 e. The van der Waals surface area contributed by atoms with Gasteiger partial charge in [-0.1, -0.05) is 29.8 Å². The van der Waals surface area contributed by atoms with Gasteiger partial charge in [0.15, 0.2) is 6.61 Å². The molecule has 124 valence electrons. The van der Waals surface area contributed by atoms with Crippen LogP contribution in [0, 0.1) is 0 Å². The van der Waals surface area contributed by atoms with Crippen LogP contribution in [0.1, 0.15) is 22.3 Å². The number of nitrogens with two attached hydrogens (primary N) is 1. The Kier molecular flexibility index (Phi) is 4.71. The number of rotatable bonds is 3. The Morgan fingerprint density at radius 2 is 2.00 bits per heavy atom. The lowest BCUT2D eigenvalue weighted by molar-refractivity contribution is -0.121. The second-order valence-corrected chi connectivity index (χ2v) is 6.00. The van der Waals surface area contributed by atoms with Crippen LogP contribution in [0.4, 0.5) is 11.4 Å². The first-order valence-corrected chi connectivity index (χ1v) is 8.04. The molecule has 0 saturated heterocycles. The van der Waals surface area contributed by atoms with Gasteiger partial charge in [0.25, 0.3) is 5.91 Å². The molecule has 0 aliphatic carbocycles. The summed E-state index contributed by atoms with van der Waals surface area (Å²) in [5.41, 5.74) is 8.25. The zero-order valence-electron chi connectivity index (χ0n) is 13.0. The minimum Gasteiger partial charge on any atom is -0.452 e. The van der Waals surface area contributed by atoms with Crippen molar-refractivity contribution in [2.75, 3.05) is 23.8 Å². The molecular weight excluding hydrogens is 328 g/mol. The molecule has 0 spiro atoms. The molecule has 0 atom stereocenters. The van der Waals surface area contributed by atoms with E-state index in [-0.39, 0.29) is 18.1 Å². The lowest BCUT2D eigenvalue weighted by atomic mass is 10.0. The summed E-state index contributed by atoms with van der Waals surface area (Å²) in [6, 6.07) is 12.2. The molecule has 0 saturated carbocycles. The van der Waals surface area contributed by atoms with Gasteiger partial charge in [-0.2, -0.15) is 0 Å². The number of ether oxygens (including phenoxy) is 1. The van der Waals surface area contributed by atoms with Crippen LogP contribution < -0.4 is 10.6 Å². The van der Waals surface area contributed by atoms with Gasteiger partial charge >= 0.3 is 5.97 Å². The quantitative estimate of drug-likeness (QED) is 0.686. The SMILES string of the molecule is Nc1cc(C(=O)OCC(=O)N2CCCc3ccccc32)ccc1Cl. The van der Waals surface area contributed by atoms with Crippen LogP contribution in [0.2, 0.25) is 5.02 Å². The van der Waals surface area contributed by atoms with Crippen molar-refractivity contribution in [1.82, 2.24) is 0 Å². The predicted octanol–water partition coefficient (Wildman–Crippen LogP) is 3.06. The van der Waals surface area contributed by atoms with Crippen LogP contribution in [-0.4, -0.2) is 25.0 Å². The van der Waals surface area contributed by atoms with Gasteiger partial charge in [0, 0.05) is 12.2 Å². The molecule has 0 fully saturated rings. The number of benzene rings is 2. The van der Waals surface area contributed by atoms with E-state index in [1.54, 1.807) is 4.90 Å². The summed E-state index contributed by atoms with van der Waals surface area (Å²) in [5.74, 6) is -0.838. The zero-order chi connectivity index (χ0) is 17.1. The molecule has 1 amide bonds. The predicted molar refractivity (Wildman–Crippen MR) is 93.3 cm³/mol. The molecule has 6 heteroatoms. The number of carbonyl (C=O) groups excluding carboxylic acids is 2. The Morgan fingerprint density at radius 3 is 2.79 bits per heavy atom. The molecule has 0 unspecified atom stereocenters. The summed E-state index contributed by atoms with van der Waals surface area (Å²) in [5, 5.41) is 0.368. The first kappa shape index (κ1) is 16.3. The lowest BCUT2D eigenvalue weighted by Gasteiger charge is -2.29. The normalized spacial score (nSPS) is 13.3. The monoisotopic (exact) mass is 344 g/mol. The highest BCUT2D eigenvalue weighted by Crippen LogP contribution is 2.26. The maximum Gasteiger partial charge on any atom is 0.338 e. The first-order chi connectivity index (χ1) is 11.6.